The highest BCUT2D eigenvalue weighted by molar-refractivity contribution is 5.91. The average Bonchev–Trinajstić information content (AvgIpc) is 2.98. The second-order valence-electron chi connectivity index (χ2n) is 8.18. The van der Waals surface area contributed by atoms with Crippen molar-refractivity contribution in [1.29, 1.82) is 0 Å². The topological polar surface area (TPSA) is 93.1 Å². The Morgan fingerprint density at radius 3 is 2.68 bits per heavy atom. The molecule has 2 N–H and O–H groups in total. The molecule has 0 aromatic rings. The summed E-state index contributed by atoms with van der Waals surface area (Å²) in [6.45, 7) is 8.88. The number of hydrogen-bond acceptors (Lipinski definition) is 6. The number of carbonyl (C=O) groups excluding carboxylic acids is 2. The molecule has 3 aliphatic rings. The third-order valence-corrected chi connectivity index (χ3v) is 6.70. The van der Waals surface area contributed by atoms with Crippen LogP contribution in [0.15, 0.2) is 12.2 Å². The molecule has 25 heavy (non-hydrogen) atoms. The summed E-state index contributed by atoms with van der Waals surface area (Å²) >= 11 is 0. The lowest BCUT2D eigenvalue weighted by molar-refractivity contribution is -0.214. The molecular weight excluding hydrogens is 324 g/mol. The van der Waals surface area contributed by atoms with Crippen LogP contribution in [0.1, 0.15) is 46.5 Å². The monoisotopic (exact) mass is 352 g/mol. The standard InChI is InChI=1S/C19H28O6/c1-10(2)16(21)24-14-7-8-19(23)11(3)5-6-13-12(4)17(22)25-15(13)18(14,19)9-20/h10-11,13-15,20,23H,4-9H2,1-3H3/t11-,13-,14-,15+,18-,19+/m0/s1. The fourth-order valence-electron chi connectivity index (χ4n) is 5.09. The van der Waals surface area contributed by atoms with Gasteiger partial charge in [-0.2, -0.15) is 0 Å². The van der Waals surface area contributed by atoms with E-state index in [0.29, 0.717) is 31.3 Å². The number of hydrogen-bond donors (Lipinski definition) is 2. The van der Waals surface area contributed by atoms with Crippen LogP contribution in [0.3, 0.4) is 0 Å². The van der Waals surface area contributed by atoms with Crippen LogP contribution < -0.4 is 0 Å². The maximum atomic E-state index is 12.2. The molecule has 1 aliphatic heterocycles. The number of carbonyl (C=O) groups is 2. The molecule has 0 aromatic carbocycles. The first-order valence-electron chi connectivity index (χ1n) is 9.12. The normalized spacial score (nSPS) is 43.4. The van der Waals surface area contributed by atoms with Gasteiger partial charge in [0.1, 0.15) is 12.2 Å². The fourth-order valence-corrected chi connectivity index (χ4v) is 5.09. The third kappa shape index (κ3) is 2.37. The molecule has 0 bridgehead atoms. The van der Waals surface area contributed by atoms with Crippen molar-refractivity contribution >= 4 is 11.9 Å². The van der Waals surface area contributed by atoms with Gasteiger partial charge in [0.2, 0.25) is 0 Å². The van der Waals surface area contributed by atoms with Crippen LogP contribution in [0, 0.1) is 23.2 Å². The zero-order valence-electron chi connectivity index (χ0n) is 15.2. The molecule has 1 saturated heterocycles. The van der Waals surface area contributed by atoms with Gasteiger partial charge in [0.05, 0.1) is 23.5 Å². The zero-order valence-corrected chi connectivity index (χ0v) is 15.2. The highest BCUT2D eigenvalue weighted by Gasteiger charge is 2.71. The minimum Gasteiger partial charge on any atom is -0.461 e. The molecule has 0 spiro atoms. The summed E-state index contributed by atoms with van der Waals surface area (Å²) in [5, 5.41) is 22.0. The minimum absolute atomic E-state index is 0.112. The summed E-state index contributed by atoms with van der Waals surface area (Å²) in [5.74, 6) is -1.56. The Labute approximate surface area is 148 Å². The number of esters is 2. The zero-order chi connectivity index (χ0) is 18.6. The van der Waals surface area contributed by atoms with Crippen LogP contribution in [0.5, 0.6) is 0 Å². The van der Waals surface area contributed by atoms with E-state index in [0.717, 1.165) is 0 Å². The summed E-state index contributed by atoms with van der Waals surface area (Å²) in [5.41, 5.74) is -2.09. The van der Waals surface area contributed by atoms with Crippen molar-refractivity contribution in [3.8, 4) is 0 Å². The van der Waals surface area contributed by atoms with E-state index in [1.165, 1.54) is 0 Å². The Kier molecular flexibility index (Phi) is 4.48. The first kappa shape index (κ1) is 18.4. The van der Waals surface area contributed by atoms with Crippen LogP contribution in [0.4, 0.5) is 0 Å². The summed E-state index contributed by atoms with van der Waals surface area (Å²) in [4.78, 5) is 24.3. The number of fused-ring (bicyclic) bond motifs is 3. The molecule has 2 aliphatic carbocycles. The summed E-state index contributed by atoms with van der Waals surface area (Å²) < 4.78 is 11.3. The quantitative estimate of drug-likeness (QED) is 0.592. The van der Waals surface area contributed by atoms with Crippen molar-refractivity contribution in [2.45, 2.75) is 64.3 Å². The molecule has 140 valence electrons. The predicted molar refractivity (Wildman–Crippen MR) is 89.3 cm³/mol. The molecule has 0 radical (unpaired) electrons. The molecule has 1 heterocycles. The lowest BCUT2D eigenvalue weighted by Crippen LogP contribution is -2.62. The Balaban J connectivity index is 2.08. The van der Waals surface area contributed by atoms with Crippen LogP contribution in [-0.2, 0) is 19.1 Å². The largest absolute Gasteiger partial charge is 0.461 e. The first-order chi connectivity index (χ1) is 11.7. The predicted octanol–water partition coefficient (Wildman–Crippen LogP) is 1.59. The van der Waals surface area contributed by atoms with E-state index in [4.69, 9.17) is 9.47 Å². The SMILES string of the molecule is C=C1C(=O)O[C@@H]2[C@H]1CC[C@H](C)[C@]1(O)CC[C@H](OC(=O)C(C)C)[C@@]21CO. The van der Waals surface area contributed by atoms with E-state index in [1.807, 2.05) is 6.92 Å². The maximum Gasteiger partial charge on any atom is 0.334 e. The molecule has 6 atom stereocenters. The van der Waals surface area contributed by atoms with Crippen molar-refractivity contribution < 1.29 is 29.3 Å². The molecule has 6 heteroatoms. The van der Waals surface area contributed by atoms with Gasteiger partial charge in [0.25, 0.3) is 0 Å². The van der Waals surface area contributed by atoms with Crippen molar-refractivity contribution in [2.24, 2.45) is 23.2 Å². The Morgan fingerprint density at radius 1 is 1.40 bits per heavy atom. The Bertz CT molecular complexity index is 599. The molecule has 6 nitrogen and oxygen atoms in total. The van der Waals surface area contributed by atoms with Gasteiger partial charge in [0, 0.05) is 11.5 Å². The smallest absolute Gasteiger partial charge is 0.334 e. The first-order valence-corrected chi connectivity index (χ1v) is 9.12. The molecule has 3 rings (SSSR count). The van der Waals surface area contributed by atoms with Crippen LogP contribution >= 0.6 is 0 Å². The highest BCUT2D eigenvalue weighted by atomic mass is 16.6. The van der Waals surface area contributed by atoms with Crippen molar-refractivity contribution in [1.82, 2.24) is 0 Å². The van der Waals surface area contributed by atoms with Gasteiger partial charge in [-0.05, 0) is 31.6 Å². The number of aliphatic hydroxyl groups is 2. The molecule has 0 aromatic heterocycles. The van der Waals surface area contributed by atoms with E-state index in [1.54, 1.807) is 13.8 Å². The fraction of sp³-hybridized carbons (Fsp3) is 0.789. The van der Waals surface area contributed by atoms with Crippen LogP contribution in [-0.4, -0.2) is 46.6 Å². The summed E-state index contributed by atoms with van der Waals surface area (Å²) in [7, 11) is 0. The van der Waals surface area contributed by atoms with E-state index >= 15 is 0 Å². The maximum absolute atomic E-state index is 12.2. The number of aliphatic hydroxyl groups excluding tert-OH is 1. The molecule has 0 amide bonds. The third-order valence-electron chi connectivity index (χ3n) is 6.70. The van der Waals surface area contributed by atoms with Gasteiger partial charge in [-0.15, -0.1) is 0 Å². The molecule has 2 saturated carbocycles. The number of ether oxygens (including phenoxy) is 2. The van der Waals surface area contributed by atoms with Gasteiger partial charge in [-0.25, -0.2) is 4.79 Å². The van der Waals surface area contributed by atoms with E-state index in [-0.39, 0.29) is 23.7 Å². The van der Waals surface area contributed by atoms with Crippen molar-refractivity contribution in [2.75, 3.05) is 6.61 Å². The van der Waals surface area contributed by atoms with Gasteiger partial charge in [0.15, 0.2) is 0 Å². The highest BCUT2D eigenvalue weighted by Crippen LogP contribution is 2.61. The lowest BCUT2D eigenvalue weighted by Gasteiger charge is -2.48. The lowest BCUT2D eigenvalue weighted by atomic mass is 9.64. The minimum atomic E-state index is -1.26. The molecule has 0 unspecified atom stereocenters. The van der Waals surface area contributed by atoms with E-state index in [9.17, 15) is 19.8 Å². The van der Waals surface area contributed by atoms with Gasteiger partial charge >= 0.3 is 11.9 Å². The summed E-state index contributed by atoms with van der Waals surface area (Å²) in [6.07, 6.45) is 0.778. The molecular formula is C19H28O6. The van der Waals surface area contributed by atoms with Crippen LogP contribution in [0.25, 0.3) is 0 Å². The second kappa shape index (κ2) is 6.09. The van der Waals surface area contributed by atoms with Gasteiger partial charge < -0.3 is 19.7 Å². The van der Waals surface area contributed by atoms with E-state index < -0.39 is 35.8 Å². The van der Waals surface area contributed by atoms with E-state index in [2.05, 4.69) is 6.58 Å². The summed E-state index contributed by atoms with van der Waals surface area (Å²) in [6, 6.07) is 0. The Hall–Kier alpha value is -1.40. The van der Waals surface area contributed by atoms with Gasteiger partial charge in [-0.3, -0.25) is 4.79 Å². The average molecular weight is 352 g/mol. The second-order valence-corrected chi connectivity index (χ2v) is 8.18. The van der Waals surface area contributed by atoms with Crippen LogP contribution in [0.2, 0.25) is 0 Å². The van der Waals surface area contributed by atoms with Gasteiger partial charge in [-0.1, -0.05) is 27.4 Å². The Morgan fingerprint density at radius 2 is 2.08 bits per heavy atom. The number of rotatable bonds is 3. The van der Waals surface area contributed by atoms with Crippen molar-refractivity contribution in [3.63, 3.8) is 0 Å². The molecule has 3 fully saturated rings. The van der Waals surface area contributed by atoms with Crippen molar-refractivity contribution in [3.05, 3.63) is 12.2 Å².